The van der Waals surface area contributed by atoms with Crippen molar-refractivity contribution in [1.29, 1.82) is 0 Å². The minimum absolute atomic E-state index is 0.0149. The number of methoxy groups -OCH3 is 1. The number of carbonyl (C=O) groups excluding carboxylic acids is 1. The normalized spacial score (nSPS) is 15.5. The van der Waals surface area contributed by atoms with E-state index in [4.69, 9.17) is 4.74 Å². The summed E-state index contributed by atoms with van der Waals surface area (Å²) in [6.45, 7) is 5.24. The summed E-state index contributed by atoms with van der Waals surface area (Å²) in [5, 5.41) is 17.9. The number of aromatic nitrogens is 3. The van der Waals surface area contributed by atoms with E-state index in [0.717, 1.165) is 44.5 Å². The summed E-state index contributed by atoms with van der Waals surface area (Å²) in [7, 11) is 3.62. The number of rotatable bonds is 8. The van der Waals surface area contributed by atoms with Crippen molar-refractivity contribution >= 4 is 5.91 Å². The van der Waals surface area contributed by atoms with Crippen LogP contribution in [0.1, 0.15) is 42.2 Å². The van der Waals surface area contributed by atoms with E-state index in [-0.39, 0.29) is 11.7 Å². The van der Waals surface area contributed by atoms with Crippen LogP contribution in [0.5, 0.6) is 11.5 Å². The lowest BCUT2D eigenvalue weighted by Gasteiger charge is -2.25. The number of piperidine rings is 1. The van der Waals surface area contributed by atoms with Crippen LogP contribution in [0.3, 0.4) is 0 Å². The second kappa shape index (κ2) is 9.73. The van der Waals surface area contributed by atoms with Crippen LogP contribution in [0.25, 0.3) is 0 Å². The van der Waals surface area contributed by atoms with Crippen molar-refractivity contribution in [1.82, 2.24) is 24.8 Å². The molecule has 8 nitrogen and oxygen atoms in total. The van der Waals surface area contributed by atoms with Gasteiger partial charge >= 0.3 is 0 Å². The maximum atomic E-state index is 12.5. The zero-order valence-electron chi connectivity index (χ0n) is 17.5. The molecule has 0 radical (unpaired) electrons. The lowest BCUT2D eigenvalue weighted by atomic mass is 10.1. The molecule has 158 valence electrons. The summed E-state index contributed by atoms with van der Waals surface area (Å²) in [6.07, 6.45) is 5.91. The fourth-order valence-corrected chi connectivity index (χ4v) is 3.59. The number of nitrogens with zero attached hydrogens (tertiary/aromatic N) is 5. The zero-order valence-corrected chi connectivity index (χ0v) is 17.5. The van der Waals surface area contributed by atoms with Crippen LogP contribution in [0.15, 0.2) is 24.4 Å². The summed E-state index contributed by atoms with van der Waals surface area (Å²) in [5.41, 5.74) is 1.54. The van der Waals surface area contributed by atoms with E-state index >= 15 is 0 Å². The molecule has 0 saturated carbocycles. The van der Waals surface area contributed by atoms with Crippen molar-refractivity contribution in [3.05, 3.63) is 35.7 Å². The third-order valence-electron chi connectivity index (χ3n) is 5.61. The van der Waals surface area contributed by atoms with E-state index in [0.29, 0.717) is 24.0 Å². The van der Waals surface area contributed by atoms with E-state index in [2.05, 4.69) is 29.2 Å². The van der Waals surface area contributed by atoms with Crippen molar-refractivity contribution in [3.63, 3.8) is 0 Å². The van der Waals surface area contributed by atoms with Gasteiger partial charge in [0.15, 0.2) is 17.2 Å². The first-order valence-electron chi connectivity index (χ1n) is 10.2. The van der Waals surface area contributed by atoms with E-state index in [9.17, 15) is 9.90 Å². The summed E-state index contributed by atoms with van der Waals surface area (Å²) in [5.74, 6) is 0.628. The Hall–Kier alpha value is -2.61. The monoisotopic (exact) mass is 401 g/mol. The molecule has 1 aliphatic rings. The quantitative estimate of drug-likeness (QED) is 0.730. The number of carbonyl (C=O) groups is 1. The van der Waals surface area contributed by atoms with Crippen LogP contribution >= 0.6 is 0 Å². The molecule has 1 N–H and O–H groups in total. The first-order valence-corrected chi connectivity index (χ1v) is 10.2. The Morgan fingerprint density at radius 2 is 2.07 bits per heavy atom. The highest BCUT2D eigenvalue weighted by Crippen LogP contribution is 2.27. The summed E-state index contributed by atoms with van der Waals surface area (Å²) < 4.78 is 6.93. The summed E-state index contributed by atoms with van der Waals surface area (Å²) in [6, 6.07) is 5.74. The first kappa shape index (κ1) is 21.1. The molecule has 1 saturated heterocycles. The van der Waals surface area contributed by atoms with E-state index < -0.39 is 0 Å². The Morgan fingerprint density at radius 1 is 1.31 bits per heavy atom. The third-order valence-corrected chi connectivity index (χ3v) is 5.61. The molecule has 1 aliphatic heterocycles. The van der Waals surface area contributed by atoms with Gasteiger partial charge in [0.25, 0.3) is 5.91 Å². The summed E-state index contributed by atoms with van der Waals surface area (Å²) in [4.78, 5) is 16.6. The van der Waals surface area contributed by atoms with Crippen LogP contribution in [0.2, 0.25) is 0 Å². The van der Waals surface area contributed by atoms with Gasteiger partial charge in [-0.05, 0) is 57.4 Å². The second-order valence-corrected chi connectivity index (χ2v) is 7.76. The Bertz CT molecular complexity index is 816. The highest BCUT2D eigenvalue weighted by atomic mass is 16.5. The third kappa shape index (κ3) is 5.47. The van der Waals surface area contributed by atoms with Gasteiger partial charge in [0, 0.05) is 25.7 Å². The molecule has 3 rings (SSSR count). The molecule has 0 spiro atoms. The molecule has 1 atom stereocenters. The number of aromatic hydroxyl groups is 1. The number of benzene rings is 1. The van der Waals surface area contributed by atoms with E-state index in [1.807, 2.05) is 17.0 Å². The smallest absolute Gasteiger partial charge is 0.276 e. The molecule has 1 amide bonds. The molecular formula is C21H31N5O3. The average molecular weight is 402 g/mol. The molecule has 8 heteroatoms. The fourth-order valence-electron chi connectivity index (χ4n) is 3.59. The Balaban J connectivity index is 1.50. The van der Waals surface area contributed by atoms with Gasteiger partial charge in [0.2, 0.25) is 0 Å². The number of ether oxygens (including phenoxy) is 1. The highest BCUT2D eigenvalue weighted by Gasteiger charge is 2.21. The topological polar surface area (TPSA) is 83.7 Å². The lowest BCUT2D eigenvalue weighted by Crippen LogP contribution is -2.35. The number of hydrogen-bond acceptors (Lipinski definition) is 6. The maximum Gasteiger partial charge on any atom is 0.276 e. The fraction of sp³-hybridized carbons (Fsp3) is 0.571. The second-order valence-electron chi connectivity index (χ2n) is 7.76. The molecule has 1 unspecified atom stereocenters. The lowest BCUT2D eigenvalue weighted by molar-refractivity contribution is 0.0718. The Morgan fingerprint density at radius 3 is 2.79 bits per heavy atom. The Labute approximate surface area is 172 Å². The number of hydrogen-bond donors (Lipinski definition) is 1. The molecule has 1 aromatic heterocycles. The van der Waals surface area contributed by atoms with Gasteiger partial charge in [0.1, 0.15) is 0 Å². The number of phenolic OH excluding ortho intramolecular Hbond substituents is 1. The van der Waals surface area contributed by atoms with Crippen molar-refractivity contribution < 1.29 is 14.6 Å². The van der Waals surface area contributed by atoms with Crippen molar-refractivity contribution in [2.45, 2.75) is 45.2 Å². The minimum Gasteiger partial charge on any atom is -0.504 e. The first-order chi connectivity index (χ1) is 14.0. The molecule has 2 heterocycles. The molecule has 29 heavy (non-hydrogen) atoms. The van der Waals surface area contributed by atoms with Gasteiger partial charge in [-0.1, -0.05) is 11.3 Å². The van der Waals surface area contributed by atoms with Crippen molar-refractivity contribution in [2.75, 3.05) is 33.8 Å². The SMILES string of the molecule is COc1cc(CC(C)N(C)CCn2cc(C(=O)N3CCCCC3)nn2)ccc1O. The Kier molecular flexibility index (Phi) is 7.09. The van der Waals surface area contributed by atoms with Gasteiger partial charge in [-0.15, -0.1) is 5.10 Å². The molecule has 0 bridgehead atoms. The van der Waals surface area contributed by atoms with Gasteiger partial charge in [-0.25, -0.2) is 0 Å². The number of amides is 1. The molecule has 1 aromatic carbocycles. The van der Waals surface area contributed by atoms with Crippen molar-refractivity contribution in [3.8, 4) is 11.5 Å². The number of likely N-dealkylation sites (N-methyl/N-ethyl adjacent to an activating group) is 1. The van der Waals surface area contributed by atoms with Gasteiger partial charge < -0.3 is 19.6 Å². The van der Waals surface area contributed by atoms with Crippen LogP contribution < -0.4 is 4.74 Å². The van der Waals surface area contributed by atoms with Gasteiger partial charge in [-0.3, -0.25) is 9.48 Å². The van der Waals surface area contributed by atoms with E-state index in [1.54, 1.807) is 24.1 Å². The maximum absolute atomic E-state index is 12.5. The van der Waals surface area contributed by atoms with Crippen LogP contribution in [-0.4, -0.2) is 75.6 Å². The predicted octanol–water partition coefficient (Wildman–Crippen LogP) is 2.18. The van der Waals surface area contributed by atoms with E-state index in [1.165, 1.54) is 6.42 Å². The summed E-state index contributed by atoms with van der Waals surface area (Å²) >= 11 is 0. The van der Waals surface area contributed by atoms with Crippen molar-refractivity contribution in [2.24, 2.45) is 0 Å². The molecule has 0 aliphatic carbocycles. The molecule has 1 fully saturated rings. The average Bonchev–Trinajstić information content (AvgIpc) is 3.22. The number of phenols is 1. The van der Waals surface area contributed by atoms with Crippen LogP contribution in [0.4, 0.5) is 0 Å². The van der Waals surface area contributed by atoms with Gasteiger partial charge in [0.05, 0.1) is 19.9 Å². The largest absolute Gasteiger partial charge is 0.504 e. The standard InChI is InChI=1S/C21H31N5O3/c1-16(13-17-7-8-19(27)20(14-17)29-3)24(2)11-12-26-15-18(22-23-26)21(28)25-9-5-4-6-10-25/h7-8,14-16,27H,4-6,9-13H2,1-3H3. The zero-order chi connectivity index (χ0) is 20.8. The predicted molar refractivity (Wildman–Crippen MR) is 110 cm³/mol. The van der Waals surface area contributed by atoms with Crippen LogP contribution in [0, 0.1) is 0 Å². The number of likely N-dealkylation sites (tertiary alicyclic amines) is 1. The molecule has 2 aromatic rings. The molecular weight excluding hydrogens is 370 g/mol. The highest BCUT2D eigenvalue weighted by molar-refractivity contribution is 5.91. The van der Waals surface area contributed by atoms with Crippen LogP contribution in [-0.2, 0) is 13.0 Å². The van der Waals surface area contributed by atoms with Gasteiger partial charge in [-0.2, -0.15) is 0 Å². The minimum atomic E-state index is -0.0149.